The predicted octanol–water partition coefficient (Wildman–Crippen LogP) is 2.26. The number of thioether (sulfide) groups is 1. The summed E-state index contributed by atoms with van der Waals surface area (Å²) in [5, 5.41) is 4.61. The van der Waals surface area contributed by atoms with Crippen LogP contribution in [0.15, 0.2) is 4.99 Å². The van der Waals surface area contributed by atoms with E-state index < -0.39 is 0 Å². The van der Waals surface area contributed by atoms with Crippen molar-refractivity contribution in [2.24, 2.45) is 10.4 Å². The van der Waals surface area contributed by atoms with Crippen LogP contribution < -0.4 is 5.32 Å². The third kappa shape index (κ3) is 2.01. The van der Waals surface area contributed by atoms with Crippen LogP contribution in [0.5, 0.6) is 0 Å². The summed E-state index contributed by atoms with van der Waals surface area (Å²) < 4.78 is 0. The van der Waals surface area contributed by atoms with Gasteiger partial charge in [-0.25, -0.2) is 0 Å². The molecule has 13 heavy (non-hydrogen) atoms. The molecule has 1 N–H and O–H groups in total. The highest BCUT2D eigenvalue weighted by atomic mass is 32.2. The molecule has 0 radical (unpaired) electrons. The highest BCUT2D eigenvalue weighted by molar-refractivity contribution is 8.14. The van der Waals surface area contributed by atoms with Gasteiger partial charge < -0.3 is 5.32 Å². The van der Waals surface area contributed by atoms with Gasteiger partial charge in [0.05, 0.1) is 6.04 Å². The fourth-order valence-electron chi connectivity index (χ4n) is 1.48. The number of aliphatic imine (C=N–C) groups is 1. The number of nitrogens with one attached hydrogen (secondary N) is 1. The van der Waals surface area contributed by atoms with Crippen LogP contribution in [0.2, 0.25) is 0 Å². The van der Waals surface area contributed by atoms with E-state index in [1.165, 1.54) is 6.42 Å². The Bertz CT molecular complexity index is 256. The molecular weight excluding hydrogens is 180 g/mol. The molecule has 0 spiro atoms. The molecule has 74 valence electrons. The zero-order valence-electron chi connectivity index (χ0n) is 8.85. The molecule has 2 aliphatic rings. The lowest BCUT2D eigenvalue weighted by molar-refractivity contribution is 0.534. The van der Waals surface area contributed by atoms with Crippen molar-refractivity contribution in [3.63, 3.8) is 0 Å². The molecule has 1 heterocycles. The molecule has 1 aliphatic carbocycles. The van der Waals surface area contributed by atoms with Crippen molar-refractivity contribution in [1.29, 1.82) is 0 Å². The Kier molecular flexibility index (Phi) is 1.92. The largest absolute Gasteiger partial charge is 0.359 e. The van der Waals surface area contributed by atoms with Crippen molar-refractivity contribution < 1.29 is 0 Å². The van der Waals surface area contributed by atoms with E-state index in [1.807, 2.05) is 11.8 Å². The van der Waals surface area contributed by atoms with Gasteiger partial charge in [0.15, 0.2) is 5.17 Å². The highest BCUT2D eigenvalue weighted by Crippen LogP contribution is 2.48. The quantitative estimate of drug-likeness (QED) is 0.699. The Morgan fingerprint density at radius 2 is 2.00 bits per heavy atom. The monoisotopic (exact) mass is 198 g/mol. The van der Waals surface area contributed by atoms with E-state index in [9.17, 15) is 0 Å². The van der Waals surface area contributed by atoms with Crippen LogP contribution in [-0.2, 0) is 0 Å². The van der Waals surface area contributed by atoms with Crippen molar-refractivity contribution in [1.82, 2.24) is 5.32 Å². The zero-order chi connectivity index (χ0) is 9.69. The molecule has 0 amide bonds. The van der Waals surface area contributed by atoms with E-state index in [0.29, 0.717) is 11.5 Å². The normalized spacial score (nSPS) is 37.5. The third-order valence-corrected chi connectivity index (χ3v) is 4.10. The van der Waals surface area contributed by atoms with Crippen LogP contribution in [0.1, 0.15) is 34.1 Å². The second-order valence-corrected chi connectivity index (χ2v) is 6.40. The minimum atomic E-state index is 0.239. The van der Waals surface area contributed by atoms with Crippen LogP contribution in [0.25, 0.3) is 0 Å². The molecule has 2 nitrogen and oxygen atoms in total. The molecular formula is C10H18N2S. The Morgan fingerprint density at radius 3 is 2.38 bits per heavy atom. The Labute approximate surface area is 84.6 Å². The van der Waals surface area contributed by atoms with E-state index in [-0.39, 0.29) is 5.54 Å². The lowest BCUT2D eigenvalue weighted by atomic mass is 10.1. The van der Waals surface area contributed by atoms with Crippen LogP contribution in [0.4, 0.5) is 0 Å². The van der Waals surface area contributed by atoms with Gasteiger partial charge in [-0.3, -0.25) is 4.99 Å². The molecule has 0 aromatic rings. The van der Waals surface area contributed by atoms with Gasteiger partial charge in [0, 0.05) is 11.3 Å². The molecule has 0 aromatic heterocycles. The van der Waals surface area contributed by atoms with Gasteiger partial charge >= 0.3 is 0 Å². The smallest absolute Gasteiger partial charge is 0.157 e. The first-order valence-electron chi connectivity index (χ1n) is 4.88. The number of rotatable bonds is 1. The minimum absolute atomic E-state index is 0.239. The van der Waals surface area contributed by atoms with Crippen LogP contribution in [-0.4, -0.2) is 22.5 Å². The summed E-state index contributed by atoms with van der Waals surface area (Å²) in [5.41, 5.74) is 0.699. The van der Waals surface area contributed by atoms with Gasteiger partial charge in [-0.15, -0.1) is 0 Å². The average Bonchev–Trinajstić information content (AvgIpc) is 2.34. The standard InChI is InChI=1S/C10H18N2S/c1-9(2)5-7(9)11-8-12-10(3,4)6-13-8/h7H,5-6H2,1-4H3,(H,11,12). The third-order valence-electron chi connectivity index (χ3n) is 2.75. The molecule has 2 rings (SSSR count). The topological polar surface area (TPSA) is 24.4 Å². The maximum Gasteiger partial charge on any atom is 0.157 e. The van der Waals surface area contributed by atoms with Gasteiger partial charge in [-0.1, -0.05) is 25.6 Å². The van der Waals surface area contributed by atoms with Crippen molar-refractivity contribution in [2.45, 2.75) is 45.7 Å². The van der Waals surface area contributed by atoms with Gasteiger partial charge in [0.25, 0.3) is 0 Å². The van der Waals surface area contributed by atoms with Gasteiger partial charge in [-0.2, -0.15) is 0 Å². The lowest BCUT2D eigenvalue weighted by Crippen LogP contribution is -2.37. The summed E-state index contributed by atoms with van der Waals surface area (Å²) in [5.74, 6) is 1.14. The van der Waals surface area contributed by atoms with E-state index in [1.54, 1.807) is 0 Å². The second-order valence-electron chi connectivity index (χ2n) is 5.44. The number of hydrogen-bond acceptors (Lipinski definition) is 2. The molecule has 0 aromatic carbocycles. The van der Waals surface area contributed by atoms with Crippen LogP contribution >= 0.6 is 11.8 Å². The summed E-state index contributed by atoms with van der Waals surface area (Å²) in [6, 6.07) is 0.566. The fourth-order valence-corrected chi connectivity index (χ4v) is 2.60. The van der Waals surface area contributed by atoms with Crippen LogP contribution in [0.3, 0.4) is 0 Å². The molecule has 1 atom stereocenters. The van der Waals surface area contributed by atoms with Crippen molar-refractivity contribution in [2.75, 3.05) is 5.75 Å². The molecule has 1 aliphatic heterocycles. The number of hydrogen-bond donors (Lipinski definition) is 1. The van der Waals surface area contributed by atoms with Gasteiger partial charge in [0.2, 0.25) is 0 Å². The van der Waals surface area contributed by atoms with Gasteiger partial charge in [-0.05, 0) is 25.7 Å². The fraction of sp³-hybridized carbons (Fsp3) is 0.900. The Balaban J connectivity index is 1.97. The molecule has 2 fully saturated rings. The average molecular weight is 198 g/mol. The SMILES string of the molecule is CC1(C)CSC(=NC2CC2(C)C)N1. The molecule has 1 saturated heterocycles. The lowest BCUT2D eigenvalue weighted by Gasteiger charge is -2.15. The first kappa shape index (κ1) is 9.38. The molecule has 1 saturated carbocycles. The minimum Gasteiger partial charge on any atom is -0.359 e. The summed E-state index contributed by atoms with van der Waals surface area (Å²) in [6.45, 7) is 9.01. The summed E-state index contributed by atoms with van der Waals surface area (Å²) in [7, 11) is 0. The summed E-state index contributed by atoms with van der Waals surface area (Å²) in [4.78, 5) is 4.70. The maximum atomic E-state index is 4.70. The summed E-state index contributed by atoms with van der Waals surface area (Å²) in [6.07, 6.45) is 1.25. The van der Waals surface area contributed by atoms with Gasteiger partial charge in [0.1, 0.15) is 0 Å². The number of amidine groups is 1. The van der Waals surface area contributed by atoms with E-state index >= 15 is 0 Å². The molecule has 0 bridgehead atoms. The van der Waals surface area contributed by atoms with E-state index in [0.717, 1.165) is 10.9 Å². The van der Waals surface area contributed by atoms with Crippen molar-refractivity contribution in [3.8, 4) is 0 Å². The first-order chi connectivity index (χ1) is 5.89. The maximum absolute atomic E-state index is 4.70. The van der Waals surface area contributed by atoms with Crippen molar-refractivity contribution >= 4 is 16.9 Å². The summed E-state index contributed by atoms with van der Waals surface area (Å²) >= 11 is 1.86. The number of nitrogens with zero attached hydrogens (tertiary/aromatic N) is 1. The predicted molar refractivity (Wildman–Crippen MR) is 59.3 cm³/mol. The second kappa shape index (κ2) is 2.66. The van der Waals surface area contributed by atoms with E-state index in [4.69, 9.17) is 4.99 Å². The Morgan fingerprint density at radius 1 is 1.38 bits per heavy atom. The first-order valence-corrected chi connectivity index (χ1v) is 5.86. The molecule has 1 unspecified atom stereocenters. The zero-order valence-corrected chi connectivity index (χ0v) is 9.66. The highest BCUT2D eigenvalue weighted by Gasteiger charge is 2.46. The molecule has 3 heteroatoms. The van der Waals surface area contributed by atoms with E-state index in [2.05, 4.69) is 33.0 Å². The Hall–Kier alpha value is -0.180. The van der Waals surface area contributed by atoms with Crippen molar-refractivity contribution in [3.05, 3.63) is 0 Å². The van der Waals surface area contributed by atoms with Crippen LogP contribution in [0, 0.1) is 5.41 Å².